The topological polar surface area (TPSA) is 37.7 Å². The minimum absolute atomic E-state index is 0.105. The number of benzene rings is 2. The number of morpholine rings is 1. The molecule has 0 aliphatic carbocycles. The van der Waals surface area contributed by atoms with Crippen LogP contribution in [-0.4, -0.2) is 42.3 Å². The quantitative estimate of drug-likeness (QED) is 0.593. The minimum atomic E-state index is -0.105. The molecular formula is C23H22ClN3O. The fraction of sp³-hybridized carbons (Fsp3) is 0.217. The van der Waals surface area contributed by atoms with Crippen LogP contribution >= 0.6 is 11.6 Å². The van der Waals surface area contributed by atoms with Gasteiger partial charge < -0.3 is 9.64 Å². The lowest BCUT2D eigenvalue weighted by Crippen LogP contribution is -2.35. The van der Waals surface area contributed by atoms with Crippen LogP contribution in [0.5, 0.6) is 0 Å². The number of pyridine rings is 1. The first-order valence-electron chi connectivity index (χ1n) is 9.36. The molecule has 0 radical (unpaired) electrons. The Hall–Kier alpha value is -2.53. The van der Waals surface area contributed by atoms with Gasteiger partial charge in [-0.3, -0.25) is 4.98 Å². The van der Waals surface area contributed by atoms with Crippen LogP contribution in [0.25, 0.3) is 0 Å². The second-order valence-corrected chi connectivity index (χ2v) is 7.28. The second-order valence-electron chi connectivity index (χ2n) is 6.87. The van der Waals surface area contributed by atoms with Crippen molar-refractivity contribution in [2.45, 2.75) is 6.10 Å². The van der Waals surface area contributed by atoms with Gasteiger partial charge in [0.25, 0.3) is 0 Å². The van der Waals surface area contributed by atoms with E-state index in [1.54, 1.807) is 6.20 Å². The number of nitrogens with zero attached hydrogens (tertiary/aromatic N) is 3. The highest BCUT2D eigenvalue weighted by Crippen LogP contribution is 2.29. The van der Waals surface area contributed by atoms with Crippen LogP contribution in [-0.2, 0) is 4.74 Å². The number of likely N-dealkylation sites (N-methyl/N-ethyl adjacent to an activating group) is 1. The molecule has 2 heterocycles. The van der Waals surface area contributed by atoms with E-state index in [0.717, 1.165) is 41.3 Å². The molecule has 1 saturated heterocycles. The highest BCUT2D eigenvalue weighted by Gasteiger charge is 2.23. The third-order valence-electron chi connectivity index (χ3n) is 4.77. The van der Waals surface area contributed by atoms with Gasteiger partial charge in [0.2, 0.25) is 0 Å². The summed E-state index contributed by atoms with van der Waals surface area (Å²) in [5.74, 6) is 0. The van der Waals surface area contributed by atoms with Crippen molar-refractivity contribution < 1.29 is 4.74 Å². The van der Waals surface area contributed by atoms with Crippen LogP contribution in [0.15, 0.2) is 77.9 Å². The average Bonchev–Trinajstić information content (AvgIpc) is 2.73. The van der Waals surface area contributed by atoms with Crippen molar-refractivity contribution >= 4 is 23.0 Å². The number of aromatic nitrogens is 1. The minimum Gasteiger partial charge on any atom is -0.369 e. The van der Waals surface area contributed by atoms with Crippen LogP contribution in [0, 0.1) is 0 Å². The van der Waals surface area contributed by atoms with Gasteiger partial charge in [-0.1, -0.05) is 72.3 Å². The highest BCUT2D eigenvalue weighted by molar-refractivity contribution is 6.31. The first-order valence-corrected chi connectivity index (χ1v) is 9.73. The zero-order valence-corrected chi connectivity index (χ0v) is 16.5. The number of hydrogen-bond acceptors (Lipinski definition) is 4. The molecule has 28 heavy (non-hydrogen) atoms. The Morgan fingerprint density at radius 2 is 1.71 bits per heavy atom. The molecule has 3 aromatic rings. The van der Waals surface area contributed by atoms with Gasteiger partial charge >= 0.3 is 0 Å². The van der Waals surface area contributed by atoms with E-state index in [-0.39, 0.29) is 6.10 Å². The van der Waals surface area contributed by atoms with E-state index in [1.165, 1.54) is 0 Å². The first-order chi connectivity index (χ1) is 13.7. The van der Waals surface area contributed by atoms with Gasteiger partial charge in [-0.2, -0.15) is 0 Å². The second kappa shape index (κ2) is 8.65. The van der Waals surface area contributed by atoms with E-state index in [9.17, 15) is 0 Å². The Balaban J connectivity index is 1.70. The molecule has 0 N–H and O–H groups in total. The maximum absolute atomic E-state index is 6.56. The van der Waals surface area contributed by atoms with Crippen LogP contribution in [0.4, 0.5) is 5.69 Å². The molecule has 4 rings (SSSR count). The molecule has 0 amide bonds. The molecule has 1 atom stereocenters. The Morgan fingerprint density at radius 3 is 2.29 bits per heavy atom. The summed E-state index contributed by atoms with van der Waals surface area (Å²) in [4.78, 5) is 11.7. The highest BCUT2D eigenvalue weighted by atomic mass is 35.5. The van der Waals surface area contributed by atoms with Gasteiger partial charge in [0.05, 0.1) is 34.9 Å². The van der Waals surface area contributed by atoms with Crippen molar-refractivity contribution in [3.8, 4) is 0 Å². The summed E-state index contributed by atoms with van der Waals surface area (Å²) in [6.07, 6.45) is 1.66. The average molecular weight is 392 g/mol. The summed E-state index contributed by atoms with van der Waals surface area (Å²) >= 11 is 6.56. The maximum Gasteiger partial charge on any atom is 0.114 e. The van der Waals surface area contributed by atoms with Gasteiger partial charge in [0.1, 0.15) is 6.10 Å². The van der Waals surface area contributed by atoms with E-state index >= 15 is 0 Å². The number of rotatable bonds is 4. The number of halogens is 1. The molecule has 0 saturated carbocycles. The van der Waals surface area contributed by atoms with Crippen LogP contribution in [0.2, 0.25) is 5.02 Å². The lowest BCUT2D eigenvalue weighted by Gasteiger charge is -2.30. The van der Waals surface area contributed by atoms with Gasteiger partial charge in [-0.25, -0.2) is 4.99 Å². The molecule has 5 heteroatoms. The zero-order chi connectivity index (χ0) is 19.3. The molecular weight excluding hydrogens is 370 g/mol. The summed E-state index contributed by atoms with van der Waals surface area (Å²) in [7, 11) is 2.08. The van der Waals surface area contributed by atoms with Crippen LogP contribution in [0.1, 0.15) is 22.9 Å². The van der Waals surface area contributed by atoms with Crippen molar-refractivity contribution in [1.29, 1.82) is 0 Å². The molecule has 1 unspecified atom stereocenters. The normalized spacial score (nSPS) is 17.3. The molecule has 1 aliphatic rings. The lowest BCUT2D eigenvalue weighted by molar-refractivity contribution is -0.0230. The largest absolute Gasteiger partial charge is 0.369 e. The monoisotopic (exact) mass is 391 g/mol. The van der Waals surface area contributed by atoms with Gasteiger partial charge in [-0.05, 0) is 13.1 Å². The van der Waals surface area contributed by atoms with E-state index in [2.05, 4.69) is 41.2 Å². The van der Waals surface area contributed by atoms with Crippen LogP contribution < -0.4 is 0 Å². The maximum atomic E-state index is 6.56. The number of aliphatic imine (C=N–C) groups is 1. The third kappa shape index (κ3) is 4.30. The Kier molecular flexibility index (Phi) is 5.81. The molecule has 1 fully saturated rings. The summed E-state index contributed by atoms with van der Waals surface area (Å²) in [6.45, 7) is 2.40. The predicted octanol–water partition coefficient (Wildman–Crippen LogP) is 4.91. The fourth-order valence-corrected chi connectivity index (χ4v) is 3.58. The summed E-state index contributed by atoms with van der Waals surface area (Å²) in [6, 6.07) is 22.1. The molecule has 142 valence electrons. The molecule has 4 nitrogen and oxygen atoms in total. The number of hydrogen-bond donors (Lipinski definition) is 0. The van der Waals surface area contributed by atoms with Crippen molar-refractivity contribution in [1.82, 2.24) is 9.88 Å². The van der Waals surface area contributed by atoms with Crippen molar-refractivity contribution in [2.75, 3.05) is 26.7 Å². The molecule has 1 aromatic heterocycles. The Labute approximate surface area is 170 Å². The van der Waals surface area contributed by atoms with E-state index in [1.807, 2.05) is 42.5 Å². The number of ether oxygens (including phenoxy) is 1. The van der Waals surface area contributed by atoms with Crippen molar-refractivity contribution in [2.24, 2.45) is 4.99 Å². The molecule has 0 spiro atoms. The summed E-state index contributed by atoms with van der Waals surface area (Å²) < 4.78 is 5.85. The van der Waals surface area contributed by atoms with Gasteiger partial charge in [0, 0.05) is 24.2 Å². The zero-order valence-electron chi connectivity index (χ0n) is 15.8. The first kappa shape index (κ1) is 18.8. The van der Waals surface area contributed by atoms with Crippen molar-refractivity contribution in [3.63, 3.8) is 0 Å². The predicted molar refractivity (Wildman–Crippen MR) is 114 cm³/mol. The fourth-order valence-electron chi connectivity index (χ4n) is 3.30. The SMILES string of the molecule is CN1CCOC(c2ncc(N=C(c3ccccc3)c3ccccc3)cc2Cl)C1. The smallest absolute Gasteiger partial charge is 0.114 e. The van der Waals surface area contributed by atoms with Gasteiger partial charge in [-0.15, -0.1) is 0 Å². The standard InChI is InChI=1S/C23H22ClN3O/c1-27-12-13-28-21(16-27)23-20(24)14-19(15-25-23)26-22(17-8-4-2-5-9-17)18-10-6-3-7-11-18/h2-11,14-15,21H,12-13,16H2,1H3. The van der Waals surface area contributed by atoms with E-state index in [0.29, 0.717) is 11.6 Å². The van der Waals surface area contributed by atoms with Gasteiger partial charge in [0.15, 0.2) is 0 Å². The Morgan fingerprint density at radius 1 is 1.07 bits per heavy atom. The Bertz CT molecular complexity index is 919. The third-order valence-corrected chi connectivity index (χ3v) is 5.07. The van der Waals surface area contributed by atoms with E-state index < -0.39 is 0 Å². The van der Waals surface area contributed by atoms with Crippen LogP contribution in [0.3, 0.4) is 0 Å². The van der Waals surface area contributed by atoms with Crippen molar-refractivity contribution in [3.05, 3.63) is 94.8 Å². The molecule has 1 aliphatic heterocycles. The summed E-state index contributed by atoms with van der Waals surface area (Å²) in [5, 5.41) is 0.585. The lowest BCUT2D eigenvalue weighted by atomic mass is 10.0. The van der Waals surface area contributed by atoms with E-state index in [4.69, 9.17) is 21.3 Å². The molecule has 2 aromatic carbocycles. The molecule has 0 bridgehead atoms. The summed E-state index contributed by atoms with van der Waals surface area (Å²) in [5.41, 5.74) is 4.48.